The summed E-state index contributed by atoms with van der Waals surface area (Å²) in [5.74, 6) is 0. The van der Waals surface area contributed by atoms with Gasteiger partial charge in [-0.2, -0.15) is 0 Å². The van der Waals surface area contributed by atoms with Crippen LogP contribution in [0.2, 0.25) is 6.04 Å². The first-order valence-electron chi connectivity index (χ1n) is 6.23. The highest BCUT2D eigenvalue weighted by atomic mass is 28.3. The zero-order chi connectivity index (χ0) is 12.3. The molecule has 0 aromatic carbocycles. The van der Waals surface area contributed by atoms with Crippen molar-refractivity contribution >= 4 is 9.28 Å². The third-order valence-electron chi connectivity index (χ3n) is 2.97. The lowest BCUT2D eigenvalue weighted by Gasteiger charge is -2.35. The summed E-state index contributed by atoms with van der Waals surface area (Å²) in [6.45, 7) is 6.07. The number of ether oxygens (including phenoxy) is 2. The van der Waals surface area contributed by atoms with Crippen LogP contribution in [0, 0.1) is 0 Å². The van der Waals surface area contributed by atoms with Crippen molar-refractivity contribution in [2.75, 3.05) is 19.8 Å². The Kier molecular flexibility index (Phi) is 4.95. The van der Waals surface area contributed by atoms with Crippen molar-refractivity contribution in [2.45, 2.75) is 50.7 Å². The fraction of sp³-hybridized carbons (Fsp3) is 1.00. The van der Waals surface area contributed by atoms with E-state index in [0.717, 1.165) is 25.7 Å². The molecular formula is C11H21O5Si. The second-order valence-electron chi connectivity index (χ2n) is 4.64. The highest BCUT2D eigenvalue weighted by Gasteiger charge is 2.35. The minimum Gasteiger partial charge on any atom is -0.388 e. The molecule has 3 atom stereocenters. The third kappa shape index (κ3) is 4.31. The maximum Gasteiger partial charge on any atom is 0.385 e. The van der Waals surface area contributed by atoms with Gasteiger partial charge in [-0.1, -0.05) is 0 Å². The molecule has 0 spiro atoms. The van der Waals surface area contributed by atoms with E-state index in [2.05, 4.69) is 0 Å². The molecule has 17 heavy (non-hydrogen) atoms. The number of aliphatic hydroxyl groups excluding tert-OH is 1. The summed E-state index contributed by atoms with van der Waals surface area (Å²) in [5.41, 5.74) is 0. The van der Waals surface area contributed by atoms with Gasteiger partial charge in [-0.15, -0.1) is 0 Å². The minimum atomic E-state index is -1.23. The van der Waals surface area contributed by atoms with E-state index in [9.17, 15) is 5.11 Å². The number of rotatable bonds is 6. The molecule has 2 rings (SSSR count). The molecule has 1 N–H and O–H groups in total. The predicted octanol–water partition coefficient (Wildman–Crippen LogP) is 0.465. The Morgan fingerprint density at radius 1 is 1.29 bits per heavy atom. The maximum absolute atomic E-state index is 9.67. The number of hydrogen-bond acceptors (Lipinski definition) is 5. The van der Waals surface area contributed by atoms with Gasteiger partial charge >= 0.3 is 9.28 Å². The largest absolute Gasteiger partial charge is 0.388 e. The zero-order valence-corrected chi connectivity index (χ0v) is 11.4. The van der Waals surface area contributed by atoms with Gasteiger partial charge in [0.2, 0.25) is 0 Å². The zero-order valence-electron chi connectivity index (χ0n) is 10.4. The first-order chi connectivity index (χ1) is 8.16. The monoisotopic (exact) mass is 261 g/mol. The number of epoxide rings is 1. The molecule has 3 unspecified atom stereocenters. The molecule has 0 aromatic heterocycles. The van der Waals surface area contributed by atoms with Gasteiger partial charge in [0.1, 0.15) is 12.2 Å². The van der Waals surface area contributed by atoms with Crippen molar-refractivity contribution in [1.82, 2.24) is 0 Å². The predicted molar refractivity (Wildman–Crippen MR) is 62.8 cm³/mol. The second kappa shape index (κ2) is 6.26. The highest BCUT2D eigenvalue weighted by Crippen LogP contribution is 2.19. The number of hydrogen-bond donors (Lipinski definition) is 1. The Labute approximate surface area is 104 Å². The van der Waals surface area contributed by atoms with Gasteiger partial charge in [0.05, 0.1) is 25.4 Å². The van der Waals surface area contributed by atoms with E-state index in [0.29, 0.717) is 12.7 Å². The summed E-state index contributed by atoms with van der Waals surface area (Å²) >= 11 is 0. The lowest BCUT2D eigenvalue weighted by molar-refractivity contribution is -0.0811. The standard InChI is InChI=1S/C11H21O5Si/c1-8-11(12)9(2)16-17(15-8)5-3-4-13-6-10-7-14-10/h8-12H,3-7H2,1-2H3. The first-order valence-corrected chi connectivity index (χ1v) is 7.75. The Hall–Kier alpha value is 0.0169. The van der Waals surface area contributed by atoms with Crippen LogP contribution in [0.1, 0.15) is 20.3 Å². The molecule has 6 heteroatoms. The van der Waals surface area contributed by atoms with Crippen molar-refractivity contribution < 1.29 is 23.4 Å². The highest BCUT2D eigenvalue weighted by molar-refractivity contribution is 6.44. The van der Waals surface area contributed by atoms with Gasteiger partial charge in [0, 0.05) is 6.61 Å². The normalized spacial score (nSPS) is 38.3. The first kappa shape index (κ1) is 13.4. The molecule has 99 valence electrons. The van der Waals surface area contributed by atoms with Crippen LogP contribution >= 0.6 is 0 Å². The van der Waals surface area contributed by atoms with E-state index in [4.69, 9.17) is 18.3 Å². The lowest BCUT2D eigenvalue weighted by Crippen LogP contribution is -2.49. The molecule has 0 bridgehead atoms. The lowest BCUT2D eigenvalue weighted by atomic mass is 10.1. The molecular weight excluding hydrogens is 240 g/mol. The van der Waals surface area contributed by atoms with Gasteiger partial charge in [0.25, 0.3) is 0 Å². The molecule has 5 nitrogen and oxygen atoms in total. The second-order valence-corrected chi connectivity index (χ2v) is 6.36. The number of aliphatic hydroxyl groups is 1. The fourth-order valence-corrected chi connectivity index (χ4v) is 3.61. The average molecular weight is 261 g/mol. The van der Waals surface area contributed by atoms with Crippen molar-refractivity contribution in [3.8, 4) is 0 Å². The molecule has 2 aliphatic rings. The molecule has 2 saturated heterocycles. The maximum atomic E-state index is 9.67. The summed E-state index contributed by atoms with van der Waals surface area (Å²) < 4.78 is 21.8. The Morgan fingerprint density at radius 3 is 2.53 bits per heavy atom. The van der Waals surface area contributed by atoms with Crippen LogP contribution in [0.4, 0.5) is 0 Å². The summed E-state index contributed by atoms with van der Waals surface area (Å²) in [7, 11) is -1.23. The van der Waals surface area contributed by atoms with Gasteiger partial charge in [-0.3, -0.25) is 0 Å². The van der Waals surface area contributed by atoms with E-state index in [1.165, 1.54) is 0 Å². The van der Waals surface area contributed by atoms with Crippen LogP contribution < -0.4 is 0 Å². The average Bonchev–Trinajstić information content (AvgIpc) is 3.09. The van der Waals surface area contributed by atoms with Crippen LogP contribution in [0.25, 0.3) is 0 Å². The summed E-state index contributed by atoms with van der Waals surface area (Å²) in [5, 5.41) is 9.67. The van der Waals surface area contributed by atoms with Crippen LogP contribution in [0.5, 0.6) is 0 Å². The summed E-state index contributed by atoms with van der Waals surface area (Å²) in [6.07, 6.45) is 0.534. The minimum absolute atomic E-state index is 0.117. The molecule has 0 amide bonds. The van der Waals surface area contributed by atoms with E-state index in [1.54, 1.807) is 0 Å². The fourth-order valence-electron chi connectivity index (χ4n) is 1.78. The SMILES string of the molecule is CC1O[Si](CCCOCC2CO2)OC(C)C1O. The van der Waals surface area contributed by atoms with Crippen LogP contribution in [-0.4, -0.2) is 58.6 Å². The van der Waals surface area contributed by atoms with Crippen LogP contribution in [0.15, 0.2) is 0 Å². The topological polar surface area (TPSA) is 60.5 Å². The Bertz CT molecular complexity index is 224. The van der Waals surface area contributed by atoms with E-state index in [-0.39, 0.29) is 12.2 Å². The van der Waals surface area contributed by atoms with E-state index >= 15 is 0 Å². The van der Waals surface area contributed by atoms with Crippen molar-refractivity contribution in [2.24, 2.45) is 0 Å². The quantitative estimate of drug-likeness (QED) is 0.428. The van der Waals surface area contributed by atoms with Crippen molar-refractivity contribution in [1.29, 1.82) is 0 Å². The van der Waals surface area contributed by atoms with Gasteiger partial charge in [0.15, 0.2) is 0 Å². The van der Waals surface area contributed by atoms with Crippen molar-refractivity contribution in [3.05, 3.63) is 0 Å². The third-order valence-corrected chi connectivity index (χ3v) is 5.00. The molecule has 2 aliphatic heterocycles. The van der Waals surface area contributed by atoms with Crippen molar-refractivity contribution in [3.63, 3.8) is 0 Å². The van der Waals surface area contributed by atoms with E-state index < -0.39 is 15.4 Å². The molecule has 0 aliphatic carbocycles. The van der Waals surface area contributed by atoms with Crippen LogP contribution in [-0.2, 0) is 18.3 Å². The molecule has 0 saturated carbocycles. The summed E-state index contributed by atoms with van der Waals surface area (Å²) in [6, 6.07) is 0.900. The smallest absolute Gasteiger partial charge is 0.385 e. The molecule has 2 fully saturated rings. The molecule has 2 heterocycles. The molecule has 1 radical (unpaired) electrons. The van der Waals surface area contributed by atoms with E-state index in [1.807, 2.05) is 13.8 Å². The van der Waals surface area contributed by atoms with Gasteiger partial charge < -0.3 is 23.4 Å². The Balaban J connectivity index is 1.55. The Morgan fingerprint density at radius 2 is 1.94 bits per heavy atom. The van der Waals surface area contributed by atoms with Gasteiger partial charge in [-0.05, 0) is 26.3 Å². The molecule has 0 aromatic rings. The summed E-state index contributed by atoms with van der Waals surface area (Å²) in [4.78, 5) is 0. The van der Waals surface area contributed by atoms with Gasteiger partial charge in [-0.25, -0.2) is 0 Å². The van der Waals surface area contributed by atoms with Crippen LogP contribution in [0.3, 0.4) is 0 Å².